The van der Waals surface area contributed by atoms with E-state index < -0.39 is 6.10 Å². The van der Waals surface area contributed by atoms with Gasteiger partial charge in [0.2, 0.25) is 0 Å². The van der Waals surface area contributed by atoms with Gasteiger partial charge in [0.1, 0.15) is 17.6 Å². The summed E-state index contributed by atoms with van der Waals surface area (Å²) in [5.74, 6) is 1.04. The van der Waals surface area contributed by atoms with Gasteiger partial charge in [-0.15, -0.1) is 12.4 Å². The lowest BCUT2D eigenvalue weighted by atomic mass is 10.2. The highest BCUT2D eigenvalue weighted by Crippen LogP contribution is 2.30. The lowest BCUT2D eigenvalue weighted by molar-refractivity contribution is -0.126. The predicted molar refractivity (Wildman–Crippen MR) is 82.4 cm³/mol. The molecule has 0 bridgehead atoms. The van der Waals surface area contributed by atoms with Crippen LogP contribution < -0.4 is 20.5 Å². The molecule has 1 heterocycles. The molecule has 1 aromatic rings. The molecule has 1 aliphatic rings. The van der Waals surface area contributed by atoms with Crippen molar-refractivity contribution >= 4 is 24.0 Å². The Bertz CT molecular complexity index is 484. The number of amides is 1. The summed E-state index contributed by atoms with van der Waals surface area (Å²) in [5, 5.41) is 2.81. The van der Waals surface area contributed by atoms with Crippen molar-refractivity contribution in [3.8, 4) is 11.5 Å². The quantitative estimate of drug-likeness (QED) is 0.861. The highest BCUT2D eigenvalue weighted by molar-refractivity contribution is 5.95. The van der Waals surface area contributed by atoms with Gasteiger partial charge in [0.25, 0.3) is 5.91 Å². The van der Waals surface area contributed by atoms with Crippen LogP contribution in [0.1, 0.15) is 12.8 Å². The Balaban J connectivity index is 0.00000220. The predicted octanol–water partition coefficient (Wildman–Crippen LogP) is 1.57. The molecule has 0 spiro atoms. The van der Waals surface area contributed by atoms with Crippen LogP contribution >= 0.6 is 12.4 Å². The van der Waals surface area contributed by atoms with Crippen molar-refractivity contribution in [2.75, 3.05) is 26.1 Å². The largest absolute Gasteiger partial charge is 0.497 e. The molecule has 1 saturated heterocycles. The number of benzene rings is 1. The first kappa shape index (κ1) is 17.6. The van der Waals surface area contributed by atoms with Crippen molar-refractivity contribution in [1.82, 2.24) is 0 Å². The molecule has 118 valence electrons. The van der Waals surface area contributed by atoms with Crippen LogP contribution in [0, 0.1) is 0 Å². The topological polar surface area (TPSA) is 82.8 Å². The van der Waals surface area contributed by atoms with E-state index in [1.165, 1.54) is 0 Å². The van der Waals surface area contributed by atoms with Crippen LogP contribution in [0.25, 0.3) is 0 Å². The molecule has 1 aromatic carbocycles. The number of hydrogen-bond donors (Lipinski definition) is 2. The highest BCUT2D eigenvalue weighted by Gasteiger charge is 2.30. The number of carbonyl (C=O) groups excluding carboxylic acids is 1. The Kier molecular flexibility index (Phi) is 6.74. The monoisotopic (exact) mass is 316 g/mol. The fraction of sp³-hybridized carbons (Fsp3) is 0.500. The number of carbonyl (C=O) groups is 1. The minimum Gasteiger partial charge on any atom is -0.497 e. The zero-order chi connectivity index (χ0) is 14.5. The van der Waals surface area contributed by atoms with Gasteiger partial charge in [0.15, 0.2) is 0 Å². The van der Waals surface area contributed by atoms with E-state index in [1.54, 1.807) is 32.4 Å². The first-order chi connectivity index (χ1) is 9.67. The molecule has 0 saturated carbocycles. The highest BCUT2D eigenvalue weighted by atomic mass is 35.5. The maximum Gasteiger partial charge on any atom is 0.253 e. The van der Waals surface area contributed by atoms with E-state index >= 15 is 0 Å². The number of ether oxygens (including phenoxy) is 3. The lowest BCUT2D eigenvalue weighted by Gasteiger charge is -2.15. The maximum atomic E-state index is 12.1. The molecule has 1 fully saturated rings. The van der Waals surface area contributed by atoms with Crippen LogP contribution in [0.5, 0.6) is 11.5 Å². The number of nitrogens with one attached hydrogen (secondary N) is 1. The van der Waals surface area contributed by atoms with Crippen molar-refractivity contribution in [2.45, 2.75) is 25.0 Å². The van der Waals surface area contributed by atoms with Gasteiger partial charge in [0.05, 0.1) is 26.0 Å². The zero-order valence-electron chi connectivity index (χ0n) is 12.1. The second-order valence-electron chi connectivity index (χ2n) is 4.62. The Hall–Kier alpha value is -1.50. The van der Waals surface area contributed by atoms with Gasteiger partial charge in [0, 0.05) is 12.6 Å². The molecule has 0 aliphatic carbocycles. The third kappa shape index (κ3) is 4.23. The second kappa shape index (κ2) is 8.07. The van der Waals surface area contributed by atoms with Crippen LogP contribution in [0.15, 0.2) is 18.2 Å². The SMILES string of the molecule is COc1ccc(NC(=O)[C@@H]2CC[C@H](CN)O2)c(OC)c1.Cl. The summed E-state index contributed by atoms with van der Waals surface area (Å²) >= 11 is 0. The smallest absolute Gasteiger partial charge is 0.253 e. The van der Waals surface area contributed by atoms with Crippen LogP contribution in [0.4, 0.5) is 5.69 Å². The molecule has 2 atom stereocenters. The summed E-state index contributed by atoms with van der Waals surface area (Å²) in [6.45, 7) is 0.440. The molecule has 0 radical (unpaired) electrons. The summed E-state index contributed by atoms with van der Waals surface area (Å²) in [7, 11) is 3.12. The number of anilines is 1. The first-order valence-corrected chi connectivity index (χ1v) is 6.56. The van der Waals surface area contributed by atoms with Crippen molar-refractivity contribution < 1.29 is 19.0 Å². The third-order valence-electron chi connectivity index (χ3n) is 3.33. The van der Waals surface area contributed by atoms with E-state index in [9.17, 15) is 4.79 Å². The minimum absolute atomic E-state index is 0. The van der Waals surface area contributed by atoms with Crippen LogP contribution in [0.3, 0.4) is 0 Å². The van der Waals surface area contributed by atoms with Gasteiger partial charge in [-0.05, 0) is 25.0 Å². The molecule has 7 heteroatoms. The zero-order valence-corrected chi connectivity index (χ0v) is 12.9. The van der Waals surface area contributed by atoms with E-state index in [2.05, 4.69) is 5.32 Å². The Morgan fingerprint density at radius 3 is 2.71 bits per heavy atom. The molecule has 1 amide bonds. The van der Waals surface area contributed by atoms with Gasteiger partial charge in [-0.2, -0.15) is 0 Å². The number of rotatable bonds is 5. The lowest BCUT2D eigenvalue weighted by Crippen LogP contribution is -2.29. The van der Waals surface area contributed by atoms with Gasteiger partial charge in [-0.1, -0.05) is 0 Å². The average molecular weight is 317 g/mol. The van der Waals surface area contributed by atoms with Crippen LogP contribution in [-0.2, 0) is 9.53 Å². The second-order valence-corrected chi connectivity index (χ2v) is 4.62. The summed E-state index contributed by atoms with van der Waals surface area (Å²) < 4.78 is 15.9. The Labute approximate surface area is 130 Å². The molecule has 3 N–H and O–H groups in total. The van der Waals surface area contributed by atoms with E-state index in [4.69, 9.17) is 19.9 Å². The van der Waals surface area contributed by atoms with Crippen LogP contribution in [-0.4, -0.2) is 38.9 Å². The molecule has 1 aliphatic heterocycles. The molecule has 2 rings (SSSR count). The van der Waals surface area contributed by atoms with Crippen molar-refractivity contribution in [1.29, 1.82) is 0 Å². The normalized spacial score (nSPS) is 20.5. The minimum atomic E-state index is -0.449. The number of halogens is 1. The summed E-state index contributed by atoms with van der Waals surface area (Å²) in [5.41, 5.74) is 6.13. The van der Waals surface area contributed by atoms with Gasteiger partial charge in [-0.25, -0.2) is 0 Å². The number of methoxy groups -OCH3 is 2. The van der Waals surface area contributed by atoms with Gasteiger partial charge < -0.3 is 25.3 Å². The number of hydrogen-bond acceptors (Lipinski definition) is 5. The van der Waals surface area contributed by atoms with Crippen molar-refractivity contribution in [3.63, 3.8) is 0 Å². The molecular formula is C14H21ClN2O4. The fourth-order valence-electron chi connectivity index (χ4n) is 2.19. The molecule has 21 heavy (non-hydrogen) atoms. The maximum absolute atomic E-state index is 12.1. The molecule has 0 aromatic heterocycles. The summed E-state index contributed by atoms with van der Waals surface area (Å²) in [6, 6.07) is 5.22. The molecular weight excluding hydrogens is 296 g/mol. The first-order valence-electron chi connectivity index (χ1n) is 6.56. The average Bonchev–Trinajstić information content (AvgIpc) is 2.96. The Morgan fingerprint density at radius 1 is 1.38 bits per heavy atom. The van der Waals surface area contributed by atoms with Gasteiger partial charge in [-0.3, -0.25) is 4.79 Å². The Morgan fingerprint density at radius 2 is 2.14 bits per heavy atom. The summed E-state index contributed by atoms with van der Waals surface area (Å²) in [6.07, 6.45) is 1.03. The van der Waals surface area contributed by atoms with Crippen LogP contribution in [0.2, 0.25) is 0 Å². The van der Waals surface area contributed by atoms with E-state index in [0.717, 1.165) is 6.42 Å². The standard InChI is InChI=1S/C14H20N2O4.ClH/c1-18-9-3-5-11(13(7-9)19-2)16-14(17)12-6-4-10(8-15)20-12;/h3,5,7,10,12H,4,6,8,15H2,1-2H3,(H,16,17);1H/t10-,12+;/m1./s1. The molecule has 6 nitrogen and oxygen atoms in total. The van der Waals surface area contributed by atoms with E-state index in [1.807, 2.05) is 0 Å². The number of nitrogens with two attached hydrogens (primary N) is 1. The summed E-state index contributed by atoms with van der Waals surface area (Å²) in [4.78, 5) is 12.1. The third-order valence-corrected chi connectivity index (χ3v) is 3.33. The van der Waals surface area contributed by atoms with Crippen molar-refractivity contribution in [3.05, 3.63) is 18.2 Å². The van der Waals surface area contributed by atoms with E-state index in [0.29, 0.717) is 30.2 Å². The van der Waals surface area contributed by atoms with Gasteiger partial charge >= 0.3 is 0 Å². The van der Waals surface area contributed by atoms with E-state index in [-0.39, 0.29) is 24.4 Å². The fourth-order valence-corrected chi connectivity index (χ4v) is 2.19. The molecule has 0 unspecified atom stereocenters. The van der Waals surface area contributed by atoms with Crippen molar-refractivity contribution in [2.24, 2.45) is 5.73 Å².